The van der Waals surface area contributed by atoms with Crippen molar-refractivity contribution < 1.29 is 9.84 Å². The van der Waals surface area contributed by atoms with E-state index in [4.69, 9.17) is 4.74 Å². The molecule has 2 aromatic rings. The molecule has 4 nitrogen and oxygen atoms in total. The van der Waals surface area contributed by atoms with Crippen molar-refractivity contribution in [1.29, 1.82) is 0 Å². The molecular weight excluding hydrogens is 240 g/mol. The summed E-state index contributed by atoms with van der Waals surface area (Å²) < 4.78 is 7.04. The van der Waals surface area contributed by atoms with Crippen LogP contribution in [0.3, 0.4) is 0 Å². The number of aromatic nitrogens is 2. The summed E-state index contributed by atoms with van der Waals surface area (Å²) in [5, 5.41) is 14.8. The van der Waals surface area contributed by atoms with Crippen LogP contribution in [-0.2, 0) is 6.54 Å². The molecule has 19 heavy (non-hydrogen) atoms. The van der Waals surface area contributed by atoms with E-state index in [1.54, 1.807) is 13.3 Å². The molecule has 0 amide bonds. The molecule has 0 radical (unpaired) electrons. The lowest BCUT2D eigenvalue weighted by atomic mass is 10.0. The Morgan fingerprint density at radius 2 is 2.16 bits per heavy atom. The number of aryl methyl sites for hydroxylation is 2. The topological polar surface area (TPSA) is 47.3 Å². The number of hydrogen-bond acceptors (Lipinski definition) is 3. The predicted octanol–water partition coefficient (Wildman–Crippen LogP) is 2.69. The summed E-state index contributed by atoms with van der Waals surface area (Å²) in [5.41, 5.74) is 2.73. The average Bonchev–Trinajstić information content (AvgIpc) is 2.86. The Hall–Kier alpha value is -1.81. The van der Waals surface area contributed by atoms with Crippen LogP contribution in [0, 0.1) is 6.92 Å². The largest absolute Gasteiger partial charge is 0.497 e. The monoisotopic (exact) mass is 260 g/mol. The van der Waals surface area contributed by atoms with Crippen LogP contribution in [-0.4, -0.2) is 22.0 Å². The molecule has 1 unspecified atom stereocenters. The molecule has 0 aliphatic heterocycles. The highest BCUT2D eigenvalue weighted by Gasteiger charge is 2.17. The Morgan fingerprint density at radius 3 is 2.79 bits per heavy atom. The molecule has 1 N–H and O–H groups in total. The van der Waals surface area contributed by atoms with E-state index in [9.17, 15) is 5.11 Å². The van der Waals surface area contributed by atoms with Gasteiger partial charge in [-0.25, -0.2) is 0 Å². The molecule has 2 rings (SSSR count). The summed E-state index contributed by atoms with van der Waals surface area (Å²) in [6, 6.07) is 7.57. The maximum absolute atomic E-state index is 10.5. The van der Waals surface area contributed by atoms with E-state index < -0.39 is 6.10 Å². The molecule has 1 aromatic heterocycles. The maximum atomic E-state index is 10.5. The molecule has 1 aromatic carbocycles. The summed E-state index contributed by atoms with van der Waals surface area (Å²) in [7, 11) is 1.64. The molecule has 102 valence electrons. The first-order valence-electron chi connectivity index (χ1n) is 6.51. The lowest BCUT2D eigenvalue weighted by molar-refractivity contribution is 0.206. The minimum absolute atomic E-state index is 0.653. The summed E-state index contributed by atoms with van der Waals surface area (Å²) in [6.45, 7) is 4.88. The van der Waals surface area contributed by atoms with Crippen molar-refractivity contribution in [2.45, 2.75) is 32.9 Å². The van der Waals surface area contributed by atoms with E-state index in [1.807, 2.05) is 35.9 Å². The molecule has 0 spiro atoms. The van der Waals surface area contributed by atoms with Crippen molar-refractivity contribution in [2.75, 3.05) is 7.11 Å². The molecule has 4 heteroatoms. The number of rotatable bonds is 5. The van der Waals surface area contributed by atoms with Crippen LogP contribution < -0.4 is 4.74 Å². The first-order valence-corrected chi connectivity index (χ1v) is 6.51. The zero-order valence-electron chi connectivity index (χ0n) is 11.6. The third-order valence-electron chi connectivity index (χ3n) is 3.24. The standard InChI is InChI=1S/C15H20N2O2/c1-4-9-17-14(7-8-16-17)15(18)13-6-5-12(19-3)10-11(13)2/h5-8,10,15,18H,4,9H2,1-3H3. The van der Waals surface area contributed by atoms with Crippen LogP contribution in [0.25, 0.3) is 0 Å². The van der Waals surface area contributed by atoms with Gasteiger partial charge in [0.15, 0.2) is 0 Å². The van der Waals surface area contributed by atoms with E-state index in [0.29, 0.717) is 0 Å². The Bertz CT molecular complexity index is 549. The summed E-state index contributed by atoms with van der Waals surface area (Å²) in [4.78, 5) is 0. The summed E-state index contributed by atoms with van der Waals surface area (Å²) in [5.74, 6) is 0.801. The van der Waals surface area contributed by atoms with Gasteiger partial charge in [0.1, 0.15) is 11.9 Å². The van der Waals surface area contributed by atoms with Gasteiger partial charge in [0.2, 0.25) is 0 Å². The molecular formula is C15H20N2O2. The third kappa shape index (κ3) is 2.79. The second kappa shape index (κ2) is 5.89. The van der Waals surface area contributed by atoms with Crippen LogP contribution in [0.5, 0.6) is 5.75 Å². The lowest BCUT2D eigenvalue weighted by Gasteiger charge is -2.16. The Labute approximate surface area is 113 Å². The summed E-state index contributed by atoms with van der Waals surface area (Å²) in [6.07, 6.45) is 2.07. The first kappa shape index (κ1) is 13.6. The normalized spacial score (nSPS) is 12.4. The van der Waals surface area contributed by atoms with Gasteiger partial charge in [-0.2, -0.15) is 5.10 Å². The Morgan fingerprint density at radius 1 is 1.37 bits per heavy atom. The number of ether oxygens (including phenoxy) is 1. The maximum Gasteiger partial charge on any atom is 0.121 e. The second-order valence-electron chi connectivity index (χ2n) is 4.60. The van der Waals surface area contributed by atoms with E-state index in [2.05, 4.69) is 12.0 Å². The van der Waals surface area contributed by atoms with Gasteiger partial charge in [-0.05, 0) is 42.7 Å². The molecule has 0 saturated carbocycles. The molecule has 1 atom stereocenters. The molecule has 0 aliphatic carbocycles. The van der Waals surface area contributed by atoms with Gasteiger partial charge in [-0.15, -0.1) is 0 Å². The number of hydrogen-bond donors (Lipinski definition) is 1. The van der Waals surface area contributed by atoms with Crippen molar-refractivity contribution in [1.82, 2.24) is 9.78 Å². The fourth-order valence-electron chi connectivity index (χ4n) is 2.22. The van der Waals surface area contributed by atoms with E-state index in [-0.39, 0.29) is 0 Å². The number of aliphatic hydroxyl groups is 1. The van der Waals surface area contributed by atoms with Gasteiger partial charge in [0.05, 0.1) is 12.8 Å². The Balaban J connectivity index is 2.33. The molecule has 1 heterocycles. The highest BCUT2D eigenvalue weighted by Crippen LogP contribution is 2.27. The predicted molar refractivity (Wildman–Crippen MR) is 74.3 cm³/mol. The lowest BCUT2D eigenvalue weighted by Crippen LogP contribution is -2.11. The van der Waals surface area contributed by atoms with Crippen LogP contribution in [0.4, 0.5) is 0 Å². The highest BCUT2D eigenvalue weighted by molar-refractivity contribution is 5.38. The molecule has 0 saturated heterocycles. The first-order chi connectivity index (χ1) is 9.17. The molecule has 0 aliphatic rings. The van der Waals surface area contributed by atoms with E-state index in [0.717, 1.165) is 35.5 Å². The van der Waals surface area contributed by atoms with Gasteiger partial charge in [-0.3, -0.25) is 4.68 Å². The van der Waals surface area contributed by atoms with Gasteiger partial charge in [0.25, 0.3) is 0 Å². The third-order valence-corrected chi connectivity index (χ3v) is 3.24. The van der Waals surface area contributed by atoms with E-state index in [1.165, 1.54) is 0 Å². The minimum Gasteiger partial charge on any atom is -0.497 e. The minimum atomic E-state index is -0.653. The van der Waals surface area contributed by atoms with Crippen molar-refractivity contribution >= 4 is 0 Å². The van der Waals surface area contributed by atoms with Crippen LogP contribution in [0.2, 0.25) is 0 Å². The molecule has 0 fully saturated rings. The van der Waals surface area contributed by atoms with Crippen molar-refractivity contribution in [3.05, 3.63) is 47.3 Å². The number of methoxy groups -OCH3 is 1. The van der Waals surface area contributed by atoms with Gasteiger partial charge in [-0.1, -0.05) is 13.0 Å². The van der Waals surface area contributed by atoms with Crippen molar-refractivity contribution in [2.24, 2.45) is 0 Å². The van der Waals surface area contributed by atoms with Crippen molar-refractivity contribution in [3.8, 4) is 5.75 Å². The number of aliphatic hydroxyl groups excluding tert-OH is 1. The number of benzene rings is 1. The SMILES string of the molecule is CCCn1nccc1C(O)c1ccc(OC)cc1C. The zero-order chi connectivity index (χ0) is 13.8. The summed E-state index contributed by atoms with van der Waals surface area (Å²) >= 11 is 0. The highest BCUT2D eigenvalue weighted by atomic mass is 16.5. The quantitative estimate of drug-likeness (QED) is 0.899. The second-order valence-corrected chi connectivity index (χ2v) is 4.60. The van der Waals surface area contributed by atoms with Crippen LogP contribution >= 0.6 is 0 Å². The average molecular weight is 260 g/mol. The van der Waals surface area contributed by atoms with Crippen LogP contribution in [0.15, 0.2) is 30.5 Å². The Kier molecular flexibility index (Phi) is 4.22. The van der Waals surface area contributed by atoms with Gasteiger partial charge < -0.3 is 9.84 Å². The van der Waals surface area contributed by atoms with Gasteiger partial charge in [0, 0.05) is 12.7 Å². The smallest absolute Gasteiger partial charge is 0.121 e. The molecule has 0 bridgehead atoms. The fraction of sp³-hybridized carbons (Fsp3) is 0.400. The number of nitrogens with zero attached hydrogens (tertiary/aromatic N) is 2. The van der Waals surface area contributed by atoms with Gasteiger partial charge >= 0.3 is 0 Å². The van der Waals surface area contributed by atoms with Crippen LogP contribution in [0.1, 0.15) is 36.3 Å². The van der Waals surface area contributed by atoms with E-state index >= 15 is 0 Å². The fourth-order valence-corrected chi connectivity index (χ4v) is 2.22. The zero-order valence-corrected chi connectivity index (χ0v) is 11.6. The van der Waals surface area contributed by atoms with Crippen molar-refractivity contribution in [3.63, 3.8) is 0 Å².